The third-order valence-corrected chi connectivity index (χ3v) is 6.70. The number of aromatic nitrogens is 2. The molecule has 3 N–H and O–H groups in total. The highest BCUT2D eigenvalue weighted by Gasteiger charge is 2.34. The van der Waals surface area contributed by atoms with E-state index in [4.69, 9.17) is 10.5 Å². The number of thiazole rings is 1. The number of fused-ring (bicyclic) bond motifs is 1. The lowest BCUT2D eigenvalue weighted by atomic mass is 9.89. The van der Waals surface area contributed by atoms with Gasteiger partial charge in [0.05, 0.1) is 40.3 Å². The number of aryl methyl sites for hydroxylation is 1. The van der Waals surface area contributed by atoms with Gasteiger partial charge in [-0.2, -0.15) is 0 Å². The average Bonchev–Trinajstić information content (AvgIpc) is 3.17. The fourth-order valence-electron chi connectivity index (χ4n) is 4.17. The van der Waals surface area contributed by atoms with E-state index in [0.29, 0.717) is 6.54 Å². The first-order chi connectivity index (χ1) is 15.8. The molecule has 1 aliphatic heterocycles. The highest BCUT2D eigenvalue weighted by Crippen LogP contribution is 2.35. The summed E-state index contributed by atoms with van der Waals surface area (Å²) in [7, 11) is 1.36. The monoisotopic (exact) mass is 467 g/mol. The zero-order valence-corrected chi connectivity index (χ0v) is 19.4. The molecule has 0 saturated carbocycles. The molecule has 0 radical (unpaired) electrons. The molecule has 3 heterocycles. The minimum atomic E-state index is -0.804. The normalized spacial score (nSPS) is 18.2. The van der Waals surface area contributed by atoms with Crippen molar-refractivity contribution in [2.24, 2.45) is 11.7 Å². The Morgan fingerprint density at radius 3 is 2.76 bits per heavy atom. The van der Waals surface area contributed by atoms with Gasteiger partial charge >= 0.3 is 11.8 Å². The van der Waals surface area contributed by atoms with Crippen molar-refractivity contribution in [2.45, 2.75) is 32.7 Å². The predicted molar refractivity (Wildman–Crippen MR) is 125 cm³/mol. The number of nitrogens with one attached hydrogen (secondary N) is 1. The van der Waals surface area contributed by atoms with Crippen molar-refractivity contribution in [1.29, 1.82) is 0 Å². The van der Waals surface area contributed by atoms with E-state index in [2.05, 4.69) is 22.2 Å². The van der Waals surface area contributed by atoms with Crippen LogP contribution in [0.25, 0.3) is 10.2 Å². The molecule has 2 atom stereocenters. The lowest BCUT2D eigenvalue weighted by molar-refractivity contribution is -0.146. The Labute approximate surface area is 195 Å². The molecule has 1 fully saturated rings. The molecule has 3 amide bonds. The van der Waals surface area contributed by atoms with E-state index in [-0.39, 0.29) is 29.1 Å². The van der Waals surface area contributed by atoms with Gasteiger partial charge in [-0.15, -0.1) is 11.3 Å². The number of likely N-dealkylation sites (tertiary alicyclic amines) is 1. The number of nitrogens with zero attached hydrogens (tertiary/aromatic N) is 3. The Morgan fingerprint density at radius 1 is 1.24 bits per heavy atom. The van der Waals surface area contributed by atoms with Crippen LogP contribution in [-0.2, 0) is 9.59 Å². The van der Waals surface area contributed by atoms with E-state index in [1.165, 1.54) is 19.4 Å². The van der Waals surface area contributed by atoms with Crippen molar-refractivity contribution < 1.29 is 19.1 Å². The average molecular weight is 468 g/mol. The molecule has 3 aromatic rings. The molecule has 33 heavy (non-hydrogen) atoms. The standard InChI is InChI=1S/C23H25N5O4S/c1-12-4-6-18(14-5-7-19-17(8-14)26-13(2)33-19)28(11-12)23(31)21(30)27-15-9-16(20(24)29)22(32-3)25-10-15/h5,7-10,12,18H,4,6,11H2,1-3H3,(H2,24,29)(H,27,30)/t12-,18+/m1/s1. The van der Waals surface area contributed by atoms with Crippen LogP contribution in [-0.4, -0.2) is 46.2 Å². The predicted octanol–water partition coefficient (Wildman–Crippen LogP) is 3.05. The molecule has 10 heteroatoms. The summed E-state index contributed by atoms with van der Waals surface area (Å²) < 4.78 is 6.10. The van der Waals surface area contributed by atoms with Crippen molar-refractivity contribution >= 4 is 45.0 Å². The Morgan fingerprint density at radius 2 is 2.03 bits per heavy atom. The van der Waals surface area contributed by atoms with Gasteiger partial charge in [0.15, 0.2) is 0 Å². The molecular weight excluding hydrogens is 442 g/mol. The molecule has 2 aromatic heterocycles. The number of anilines is 1. The van der Waals surface area contributed by atoms with Crippen LogP contribution in [0.4, 0.5) is 5.69 Å². The molecular formula is C23H25N5O4S. The van der Waals surface area contributed by atoms with Gasteiger partial charge in [0.2, 0.25) is 5.88 Å². The fourth-order valence-corrected chi connectivity index (χ4v) is 4.97. The third-order valence-electron chi connectivity index (χ3n) is 5.74. The maximum Gasteiger partial charge on any atom is 0.313 e. The van der Waals surface area contributed by atoms with E-state index in [9.17, 15) is 14.4 Å². The van der Waals surface area contributed by atoms with E-state index in [1.807, 2.05) is 25.1 Å². The zero-order chi connectivity index (χ0) is 23.7. The van der Waals surface area contributed by atoms with Gasteiger partial charge in [-0.25, -0.2) is 9.97 Å². The summed E-state index contributed by atoms with van der Waals surface area (Å²) in [5.74, 6) is -1.88. The maximum atomic E-state index is 13.2. The van der Waals surface area contributed by atoms with Crippen LogP contribution in [0.2, 0.25) is 0 Å². The van der Waals surface area contributed by atoms with Crippen LogP contribution in [0.1, 0.15) is 46.7 Å². The van der Waals surface area contributed by atoms with E-state index in [0.717, 1.165) is 33.6 Å². The van der Waals surface area contributed by atoms with E-state index < -0.39 is 17.7 Å². The molecule has 9 nitrogen and oxygen atoms in total. The Hall–Kier alpha value is -3.53. The number of methoxy groups -OCH3 is 1. The summed E-state index contributed by atoms with van der Waals surface area (Å²) >= 11 is 1.62. The summed E-state index contributed by atoms with van der Waals surface area (Å²) in [5, 5.41) is 3.52. The number of pyridine rings is 1. The van der Waals surface area contributed by atoms with E-state index in [1.54, 1.807) is 16.2 Å². The lowest BCUT2D eigenvalue weighted by Gasteiger charge is -2.38. The summed E-state index contributed by atoms with van der Waals surface area (Å²) in [6.07, 6.45) is 3.02. The van der Waals surface area contributed by atoms with Gasteiger partial charge in [-0.05, 0) is 49.4 Å². The Kier molecular flexibility index (Phi) is 6.28. The largest absolute Gasteiger partial charge is 0.480 e. The minimum Gasteiger partial charge on any atom is -0.480 e. The van der Waals surface area contributed by atoms with Gasteiger partial charge in [0.25, 0.3) is 5.91 Å². The van der Waals surface area contributed by atoms with Crippen LogP contribution >= 0.6 is 11.3 Å². The second-order valence-electron chi connectivity index (χ2n) is 8.22. The molecule has 0 unspecified atom stereocenters. The van der Waals surface area contributed by atoms with Gasteiger partial charge in [0, 0.05) is 6.54 Å². The first kappa shape index (κ1) is 22.7. The van der Waals surface area contributed by atoms with Crippen molar-refractivity contribution in [3.63, 3.8) is 0 Å². The van der Waals surface area contributed by atoms with Crippen molar-refractivity contribution in [3.05, 3.63) is 46.6 Å². The highest BCUT2D eigenvalue weighted by atomic mass is 32.1. The number of rotatable bonds is 4. The van der Waals surface area contributed by atoms with Crippen LogP contribution in [0, 0.1) is 12.8 Å². The second-order valence-corrected chi connectivity index (χ2v) is 9.45. The summed E-state index contributed by atoms with van der Waals surface area (Å²) in [4.78, 5) is 47.9. The summed E-state index contributed by atoms with van der Waals surface area (Å²) in [6.45, 7) is 4.50. The molecule has 1 aliphatic rings. The third kappa shape index (κ3) is 4.65. The number of carbonyl (C=O) groups is 3. The number of benzene rings is 1. The van der Waals surface area contributed by atoms with E-state index >= 15 is 0 Å². The molecule has 1 saturated heterocycles. The summed E-state index contributed by atoms with van der Waals surface area (Å²) in [5.41, 5.74) is 7.41. The first-order valence-electron chi connectivity index (χ1n) is 10.6. The molecule has 4 rings (SSSR count). The summed E-state index contributed by atoms with van der Waals surface area (Å²) in [6, 6.07) is 7.15. The number of carbonyl (C=O) groups excluding carboxylic acids is 3. The van der Waals surface area contributed by atoms with Crippen LogP contribution < -0.4 is 15.8 Å². The van der Waals surface area contributed by atoms with Crippen LogP contribution in [0.3, 0.4) is 0 Å². The second kappa shape index (κ2) is 9.14. The quantitative estimate of drug-likeness (QED) is 0.568. The maximum absolute atomic E-state index is 13.2. The van der Waals surface area contributed by atoms with Gasteiger partial charge < -0.3 is 20.7 Å². The van der Waals surface area contributed by atoms with Crippen LogP contribution in [0.15, 0.2) is 30.5 Å². The molecule has 0 aliphatic carbocycles. The van der Waals surface area contributed by atoms with Crippen LogP contribution in [0.5, 0.6) is 5.88 Å². The topological polar surface area (TPSA) is 128 Å². The van der Waals surface area contributed by atoms with Gasteiger partial charge in [0.1, 0.15) is 5.56 Å². The SMILES string of the molecule is COc1ncc(NC(=O)C(=O)N2C[C@H](C)CC[C@H]2c2ccc3sc(C)nc3c2)cc1C(N)=O. The number of nitrogens with two attached hydrogens (primary N) is 1. The number of primary amides is 1. The van der Waals surface area contributed by atoms with Gasteiger partial charge in [-0.3, -0.25) is 14.4 Å². The first-order valence-corrected chi connectivity index (χ1v) is 11.4. The van der Waals surface area contributed by atoms with Crippen molar-refractivity contribution in [2.75, 3.05) is 19.0 Å². The van der Waals surface area contributed by atoms with Crippen molar-refractivity contribution in [1.82, 2.24) is 14.9 Å². The Bertz CT molecular complexity index is 1240. The zero-order valence-electron chi connectivity index (χ0n) is 18.6. The number of hydrogen-bond acceptors (Lipinski definition) is 7. The number of amides is 3. The highest BCUT2D eigenvalue weighted by molar-refractivity contribution is 7.18. The lowest BCUT2D eigenvalue weighted by Crippen LogP contribution is -2.46. The number of hydrogen-bond donors (Lipinski definition) is 2. The molecule has 1 aromatic carbocycles. The Balaban J connectivity index is 1.58. The molecule has 0 bridgehead atoms. The number of piperidine rings is 1. The van der Waals surface area contributed by atoms with Crippen molar-refractivity contribution in [3.8, 4) is 5.88 Å². The molecule has 172 valence electrons. The smallest absolute Gasteiger partial charge is 0.313 e. The minimum absolute atomic E-state index is 0.0130. The number of ether oxygens (including phenoxy) is 1. The van der Waals surface area contributed by atoms with Gasteiger partial charge in [-0.1, -0.05) is 13.0 Å². The molecule has 0 spiro atoms. The fraction of sp³-hybridized carbons (Fsp3) is 0.348.